The molecule has 1 aliphatic rings. The van der Waals surface area contributed by atoms with Gasteiger partial charge in [-0.05, 0) is 53.7 Å². The Morgan fingerprint density at radius 3 is 2.76 bits per heavy atom. The Morgan fingerprint density at radius 2 is 2.14 bits per heavy atom. The second-order valence-corrected chi connectivity index (χ2v) is 10.1. The smallest absolute Gasteiger partial charge is 0.263 e. The summed E-state index contributed by atoms with van der Waals surface area (Å²) >= 11 is 6.06. The van der Waals surface area contributed by atoms with Crippen LogP contribution in [0.2, 0.25) is 0 Å². The molecule has 2 heterocycles. The topological polar surface area (TPSA) is 70.0 Å². The number of rotatable bonds is 3. The van der Waals surface area contributed by atoms with E-state index in [-0.39, 0.29) is 4.90 Å². The number of thiophene rings is 2. The molecular formula is C13H11BrN2O2S3. The number of hydrogen-bond acceptors (Lipinski definition) is 5. The first-order chi connectivity index (χ1) is 9.92. The third-order valence-corrected chi connectivity index (χ3v) is 7.89. The predicted octanol–water partition coefficient (Wildman–Crippen LogP) is 4.04. The first-order valence-corrected chi connectivity index (χ1v) is 10.2. The Balaban J connectivity index is 2.01. The zero-order valence-corrected chi connectivity index (χ0v) is 15.1. The second-order valence-electron chi connectivity index (χ2n) is 4.75. The number of anilines is 1. The summed E-state index contributed by atoms with van der Waals surface area (Å²) in [5, 5.41) is 9.76. The molecule has 0 spiro atoms. The molecule has 2 aromatic heterocycles. The molecule has 0 radical (unpaired) electrons. The van der Waals surface area contributed by atoms with Crippen molar-refractivity contribution in [3.05, 3.63) is 30.7 Å². The third kappa shape index (κ3) is 2.63. The quantitative estimate of drug-likeness (QED) is 0.841. The number of nitrogens with one attached hydrogen (secondary N) is 1. The van der Waals surface area contributed by atoms with E-state index < -0.39 is 10.0 Å². The largest absolute Gasteiger partial charge is 0.269 e. The molecule has 4 nitrogen and oxygen atoms in total. The molecular weight excluding hydrogens is 392 g/mol. The number of hydrogen-bond donors (Lipinski definition) is 1. The van der Waals surface area contributed by atoms with Gasteiger partial charge in [0.2, 0.25) is 0 Å². The number of nitrogens with zero attached hydrogens (tertiary/aromatic N) is 1. The van der Waals surface area contributed by atoms with Crippen LogP contribution in [0, 0.1) is 18.3 Å². The summed E-state index contributed by atoms with van der Waals surface area (Å²) in [4.78, 5) is 2.11. The van der Waals surface area contributed by atoms with Gasteiger partial charge in [-0.3, -0.25) is 4.72 Å². The Morgan fingerprint density at radius 1 is 1.38 bits per heavy atom. The van der Waals surface area contributed by atoms with E-state index in [1.807, 2.05) is 0 Å². The minimum atomic E-state index is -3.65. The van der Waals surface area contributed by atoms with Crippen molar-refractivity contribution in [1.29, 1.82) is 5.26 Å². The van der Waals surface area contributed by atoms with E-state index in [1.165, 1.54) is 22.7 Å². The first-order valence-electron chi connectivity index (χ1n) is 6.26. The number of nitriles is 1. The summed E-state index contributed by atoms with van der Waals surface area (Å²) in [5.41, 5.74) is 1.51. The van der Waals surface area contributed by atoms with Gasteiger partial charge in [-0.25, -0.2) is 8.42 Å². The highest BCUT2D eigenvalue weighted by Crippen LogP contribution is 2.40. The van der Waals surface area contributed by atoms with Crippen molar-refractivity contribution in [3.8, 4) is 6.07 Å². The van der Waals surface area contributed by atoms with E-state index in [9.17, 15) is 13.7 Å². The number of fused-ring (bicyclic) bond motifs is 1. The highest BCUT2D eigenvalue weighted by Gasteiger charge is 2.26. The lowest BCUT2D eigenvalue weighted by atomic mass is 10.1. The van der Waals surface area contributed by atoms with Gasteiger partial charge in [-0.2, -0.15) is 5.26 Å². The van der Waals surface area contributed by atoms with Gasteiger partial charge < -0.3 is 0 Å². The average molecular weight is 403 g/mol. The molecule has 0 fully saturated rings. The number of halogens is 1. The van der Waals surface area contributed by atoms with Crippen LogP contribution in [0.15, 0.2) is 14.7 Å². The van der Waals surface area contributed by atoms with E-state index in [0.29, 0.717) is 10.6 Å². The molecule has 0 saturated heterocycles. The van der Waals surface area contributed by atoms with Crippen LogP contribution in [-0.2, 0) is 22.9 Å². The predicted molar refractivity (Wildman–Crippen MR) is 88.6 cm³/mol. The van der Waals surface area contributed by atoms with Crippen LogP contribution < -0.4 is 4.72 Å². The Hall–Kier alpha value is -0.880. The second kappa shape index (κ2) is 5.39. The van der Waals surface area contributed by atoms with Crippen molar-refractivity contribution in [2.45, 2.75) is 31.1 Å². The summed E-state index contributed by atoms with van der Waals surface area (Å²) < 4.78 is 28.4. The van der Waals surface area contributed by atoms with Crippen molar-refractivity contribution < 1.29 is 8.42 Å². The van der Waals surface area contributed by atoms with E-state index >= 15 is 0 Å². The lowest BCUT2D eigenvalue weighted by molar-refractivity contribution is 0.601. The van der Waals surface area contributed by atoms with Gasteiger partial charge in [0.05, 0.1) is 9.35 Å². The SMILES string of the molecule is Cc1sc(Br)cc1S(=O)(=O)Nc1sc2c(c1C#N)CCC2. The first kappa shape index (κ1) is 15.0. The minimum absolute atomic E-state index is 0.261. The third-order valence-electron chi connectivity index (χ3n) is 3.39. The fourth-order valence-corrected chi connectivity index (χ4v) is 7.43. The van der Waals surface area contributed by atoms with Crippen molar-refractivity contribution in [2.75, 3.05) is 4.72 Å². The van der Waals surface area contributed by atoms with Gasteiger partial charge in [0.15, 0.2) is 0 Å². The van der Waals surface area contributed by atoms with Crippen molar-refractivity contribution in [2.24, 2.45) is 0 Å². The van der Waals surface area contributed by atoms with E-state index in [4.69, 9.17) is 0 Å². The van der Waals surface area contributed by atoms with E-state index in [0.717, 1.165) is 38.4 Å². The molecule has 0 amide bonds. The molecule has 0 aliphatic heterocycles. The van der Waals surface area contributed by atoms with Crippen LogP contribution in [-0.4, -0.2) is 8.42 Å². The molecule has 21 heavy (non-hydrogen) atoms. The fraction of sp³-hybridized carbons (Fsp3) is 0.308. The lowest BCUT2D eigenvalue weighted by Crippen LogP contribution is -2.13. The van der Waals surface area contributed by atoms with Crippen LogP contribution in [0.25, 0.3) is 0 Å². The molecule has 0 bridgehead atoms. The van der Waals surface area contributed by atoms with Gasteiger partial charge in [0.25, 0.3) is 10.0 Å². The van der Waals surface area contributed by atoms with Gasteiger partial charge in [0.1, 0.15) is 16.0 Å². The molecule has 3 rings (SSSR count). The maximum atomic E-state index is 12.5. The molecule has 1 N–H and O–H groups in total. The summed E-state index contributed by atoms with van der Waals surface area (Å²) in [7, 11) is -3.65. The van der Waals surface area contributed by atoms with Crippen LogP contribution >= 0.6 is 38.6 Å². The van der Waals surface area contributed by atoms with E-state index in [2.05, 4.69) is 26.7 Å². The van der Waals surface area contributed by atoms with Gasteiger partial charge in [0, 0.05) is 9.75 Å². The molecule has 0 aromatic carbocycles. The van der Waals surface area contributed by atoms with Crippen molar-refractivity contribution in [1.82, 2.24) is 0 Å². The van der Waals surface area contributed by atoms with Crippen LogP contribution in [0.3, 0.4) is 0 Å². The zero-order valence-electron chi connectivity index (χ0n) is 11.1. The minimum Gasteiger partial charge on any atom is -0.269 e. The standard InChI is InChI=1S/C13H11BrN2O2S3/c1-7-11(5-12(14)19-7)21(17,18)16-13-9(6-15)8-3-2-4-10(8)20-13/h5,16H,2-4H2,1H3. The Bertz CT molecular complexity index is 859. The van der Waals surface area contributed by atoms with Gasteiger partial charge in [-0.1, -0.05) is 0 Å². The monoisotopic (exact) mass is 402 g/mol. The maximum absolute atomic E-state index is 12.5. The van der Waals surface area contributed by atoms with Crippen LogP contribution in [0.1, 0.15) is 27.3 Å². The van der Waals surface area contributed by atoms with Crippen molar-refractivity contribution in [3.63, 3.8) is 0 Å². The molecule has 0 unspecified atom stereocenters. The molecule has 2 aromatic rings. The molecule has 8 heteroatoms. The highest BCUT2D eigenvalue weighted by molar-refractivity contribution is 9.11. The molecule has 1 aliphatic carbocycles. The Kier molecular flexibility index (Phi) is 3.86. The molecule has 0 saturated carbocycles. The van der Waals surface area contributed by atoms with E-state index in [1.54, 1.807) is 13.0 Å². The summed E-state index contributed by atoms with van der Waals surface area (Å²) in [5.74, 6) is 0. The number of aryl methyl sites for hydroxylation is 2. The summed E-state index contributed by atoms with van der Waals surface area (Å²) in [6, 6.07) is 3.74. The average Bonchev–Trinajstić information content (AvgIpc) is 3.03. The van der Waals surface area contributed by atoms with Gasteiger partial charge in [-0.15, -0.1) is 22.7 Å². The van der Waals surface area contributed by atoms with Crippen LogP contribution in [0.5, 0.6) is 0 Å². The normalized spacial score (nSPS) is 14.0. The highest BCUT2D eigenvalue weighted by atomic mass is 79.9. The maximum Gasteiger partial charge on any atom is 0.263 e. The molecule has 0 atom stereocenters. The Labute approximate surface area is 139 Å². The zero-order chi connectivity index (χ0) is 15.2. The fourth-order valence-electron chi connectivity index (χ4n) is 2.47. The van der Waals surface area contributed by atoms with Gasteiger partial charge >= 0.3 is 0 Å². The molecule has 110 valence electrons. The van der Waals surface area contributed by atoms with Crippen LogP contribution in [0.4, 0.5) is 5.00 Å². The van der Waals surface area contributed by atoms with Crippen molar-refractivity contribution >= 4 is 53.6 Å². The lowest BCUT2D eigenvalue weighted by Gasteiger charge is -2.06. The summed E-state index contributed by atoms with van der Waals surface area (Å²) in [6.07, 6.45) is 2.83. The summed E-state index contributed by atoms with van der Waals surface area (Å²) in [6.45, 7) is 1.77. The number of sulfonamides is 1.